The summed E-state index contributed by atoms with van der Waals surface area (Å²) in [6.07, 6.45) is 7.11. The van der Waals surface area contributed by atoms with Crippen LogP contribution in [0.5, 0.6) is 0 Å². The third-order valence-corrected chi connectivity index (χ3v) is 3.62. The van der Waals surface area contributed by atoms with Gasteiger partial charge >= 0.3 is 0 Å². The van der Waals surface area contributed by atoms with Gasteiger partial charge in [-0.05, 0) is 30.4 Å². The summed E-state index contributed by atoms with van der Waals surface area (Å²) in [7, 11) is 1.80. The van der Waals surface area contributed by atoms with E-state index in [1.165, 1.54) is 0 Å². The summed E-state index contributed by atoms with van der Waals surface area (Å²) in [6.45, 7) is 0. The highest BCUT2D eigenvalue weighted by Gasteiger charge is 2.22. The Bertz CT molecular complexity index is 830. The van der Waals surface area contributed by atoms with E-state index in [1.807, 2.05) is 24.3 Å². The Morgan fingerprint density at radius 2 is 2.19 bits per heavy atom. The monoisotopic (exact) mass is 300 g/mol. The average molecular weight is 301 g/mol. The van der Waals surface area contributed by atoms with Crippen LogP contribution in [0.4, 0.5) is 0 Å². The minimum Gasteiger partial charge on any atom is -0.364 e. The molecular formula is C15H13ClN4O. The second kappa shape index (κ2) is 5.10. The fourth-order valence-electron chi connectivity index (χ4n) is 2.51. The first kappa shape index (κ1) is 13.5. The van der Waals surface area contributed by atoms with E-state index in [4.69, 9.17) is 17.3 Å². The van der Waals surface area contributed by atoms with E-state index in [0.717, 1.165) is 10.9 Å². The number of nitrogens with two attached hydrogens (primary N) is 1. The third-order valence-electron chi connectivity index (χ3n) is 3.38. The summed E-state index contributed by atoms with van der Waals surface area (Å²) >= 11 is 6.09. The van der Waals surface area contributed by atoms with Crippen LogP contribution in [-0.2, 0) is 7.05 Å². The molecule has 0 unspecified atom stereocenters. The lowest BCUT2D eigenvalue weighted by Gasteiger charge is -2.07. The molecule has 5 nitrogen and oxygen atoms in total. The van der Waals surface area contributed by atoms with Crippen molar-refractivity contribution >= 4 is 40.3 Å². The van der Waals surface area contributed by atoms with E-state index >= 15 is 0 Å². The van der Waals surface area contributed by atoms with E-state index in [1.54, 1.807) is 30.0 Å². The quantitative estimate of drug-likeness (QED) is 0.894. The molecule has 1 aromatic carbocycles. The normalized spacial score (nSPS) is 13.9. The number of carbonyl (C=O) groups is 1. The maximum absolute atomic E-state index is 11.9. The van der Waals surface area contributed by atoms with Gasteiger partial charge in [0.15, 0.2) is 0 Å². The van der Waals surface area contributed by atoms with Crippen LogP contribution in [0.3, 0.4) is 0 Å². The van der Waals surface area contributed by atoms with Crippen molar-refractivity contribution < 1.29 is 4.79 Å². The van der Waals surface area contributed by atoms with E-state index in [9.17, 15) is 4.79 Å². The van der Waals surface area contributed by atoms with Gasteiger partial charge in [0, 0.05) is 34.8 Å². The van der Waals surface area contributed by atoms with Crippen molar-refractivity contribution in [3.63, 3.8) is 0 Å². The number of nitrogens with zero attached hydrogens (tertiary/aromatic N) is 2. The molecule has 2 aromatic rings. The highest BCUT2D eigenvalue weighted by atomic mass is 35.5. The van der Waals surface area contributed by atoms with Crippen molar-refractivity contribution in [3.05, 3.63) is 52.7 Å². The van der Waals surface area contributed by atoms with Crippen molar-refractivity contribution in [2.24, 2.45) is 17.9 Å². The molecule has 21 heavy (non-hydrogen) atoms. The molecule has 3 N–H and O–H groups in total. The van der Waals surface area contributed by atoms with Crippen LogP contribution in [0.25, 0.3) is 16.6 Å². The minimum absolute atomic E-state index is 0.413. The number of benzene rings is 1. The smallest absolute Gasteiger partial charge is 0.266 e. The Kier molecular flexibility index (Phi) is 3.27. The molecule has 3 rings (SSSR count). The molecule has 2 heterocycles. The maximum Gasteiger partial charge on any atom is 0.266 e. The number of fused-ring (bicyclic) bond motifs is 1. The Morgan fingerprint density at radius 1 is 1.38 bits per heavy atom. The van der Waals surface area contributed by atoms with Gasteiger partial charge in [0.25, 0.3) is 5.91 Å². The molecule has 0 fully saturated rings. The number of halogens is 1. The predicted molar refractivity (Wildman–Crippen MR) is 85.2 cm³/mol. The molecule has 106 valence electrons. The van der Waals surface area contributed by atoms with Crippen LogP contribution in [0, 0.1) is 0 Å². The van der Waals surface area contributed by atoms with E-state index < -0.39 is 5.91 Å². The number of aromatic nitrogens is 1. The van der Waals surface area contributed by atoms with Crippen LogP contribution in [-0.4, -0.2) is 16.7 Å². The zero-order valence-electron chi connectivity index (χ0n) is 11.3. The van der Waals surface area contributed by atoms with E-state index in [2.05, 4.69) is 10.5 Å². The molecule has 0 saturated heterocycles. The van der Waals surface area contributed by atoms with E-state index in [-0.39, 0.29) is 0 Å². The van der Waals surface area contributed by atoms with Gasteiger partial charge < -0.3 is 10.3 Å². The van der Waals surface area contributed by atoms with Crippen LogP contribution in [0.2, 0.25) is 5.02 Å². The Balaban J connectivity index is 2.38. The van der Waals surface area contributed by atoms with Crippen molar-refractivity contribution in [1.82, 2.24) is 9.99 Å². The average Bonchev–Trinajstić information content (AvgIpc) is 2.63. The zero-order valence-corrected chi connectivity index (χ0v) is 12.1. The Morgan fingerprint density at radius 3 is 2.95 bits per heavy atom. The molecule has 0 bridgehead atoms. The highest BCUT2D eigenvalue weighted by Crippen LogP contribution is 2.32. The number of hydrogen-bond acceptors (Lipinski definition) is 3. The van der Waals surface area contributed by atoms with Crippen LogP contribution >= 0.6 is 11.6 Å². The van der Waals surface area contributed by atoms with Gasteiger partial charge in [0.05, 0.1) is 5.70 Å². The molecule has 0 radical (unpaired) electrons. The van der Waals surface area contributed by atoms with Crippen molar-refractivity contribution in [2.75, 3.05) is 0 Å². The zero-order chi connectivity index (χ0) is 15.0. The SMILES string of the molecule is Cn1c(C(N)=O)c(C2=CC=CC=NN2)c2cc(Cl)ccc21. The van der Waals surface area contributed by atoms with Gasteiger partial charge in [-0.3, -0.25) is 10.2 Å². The highest BCUT2D eigenvalue weighted by molar-refractivity contribution is 6.31. The summed E-state index contributed by atoms with van der Waals surface area (Å²) in [5.41, 5.74) is 11.2. The molecule has 1 aliphatic rings. The Labute approximate surface area is 126 Å². The second-order valence-electron chi connectivity index (χ2n) is 4.66. The van der Waals surface area contributed by atoms with Gasteiger partial charge in [-0.25, -0.2) is 0 Å². The van der Waals surface area contributed by atoms with Crippen molar-refractivity contribution in [3.8, 4) is 0 Å². The standard InChI is InChI=1S/C15H13ClN4O/c1-20-12-6-5-9(16)8-10(12)13(14(20)15(17)21)11-4-2-3-7-18-19-11/h2-8,19H,1H3,(H2,17,21). The summed E-state index contributed by atoms with van der Waals surface area (Å²) in [5.74, 6) is -0.500. The maximum atomic E-state index is 11.9. The fraction of sp³-hybridized carbons (Fsp3) is 0.0667. The van der Waals surface area contributed by atoms with Gasteiger partial charge in [0.1, 0.15) is 5.69 Å². The lowest BCUT2D eigenvalue weighted by atomic mass is 10.1. The summed E-state index contributed by atoms with van der Waals surface area (Å²) in [4.78, 5) is 11.9. The van der Waals surface area contributed by atoms with Crippen LogP contribution in [0.1, 0.15) is 16.1 Å². The molecule has 1 aromatic heterocycles. The summed E-state index contributed by atoms with van der Waals surface area (Å²) < 4.78 is 1.77. The number of nitrogens with one attached hydrogen (secondary N) is 1. The number of rotatable bonds is 2. The molecule has 1 aliphatic heterocycles. The first-order valence-corrected chi connectivity index (χ1v) is 6.71. The van der Waals surface area contributed by atoms with Gasteiger partial charge in [-0.15, -0.1) is 0 Å². The van der Waals surface area contributed by atoms with Gasteiger partial charge in [-0.1, -0.05) is 17.7 Å². The molecule has 6 heteroatoms. The first-order valence-electron chi connectivity index (χ1n) is 6.33. The molecular weight excluding hydrogens is 288 g/mol. The summed E-state index contributed by atoms with van der Waals surface area (Å²) in [6, 6.07) is 5.47. The lowest BCUT2D eigenvalue weighted by Crippen LogP contribution is -2.18. The topological polar surface area (TPSA) is 72.4 Å². The molecule has 0 spiro atoms. The largest absolute Gasteiger partial charge is 0.364 e. The number of amides is 1. The number of primary amides is 1. The van der Waals surface area contributed by atoms with Crippen LogP contribution < -0.4 is 11.2 Å². The number of allylic oxidation sites excluding steroid dienone is 3. The minimum atomic E-state index is -0.500. The predicted octanol–water partition coefficient (Wildman–Crippen LogP) is 2.42. The number of hydrogen-bond donors (Lipinski definition) is 2. The molecule has 0 saturated carbocycles. The third kappa shape index (κ3) is 2.21. The van der Waals surface area contributed by atoms with Crippen molar-refractivity contribution in [1.29, 1.82) is 0 Å². The fourth-order valence-corrected chi connectivity index (χ4v) is 2.68. The number of hydrazone groups is 1. The van der Waals surface area contributed by atoms with Gasteiger partial charge in [-0.2, -0.15) is 5.10 Å². The lowest BCUT2D eigenvalue weighted by molar-refractivity contribution is 0.0992. The number of carbonyl (C=O) groups excluding carboxylic acids is 1. The number of aryl methyl sites for hydroxylation is 1. The summed E-state index contributed by atoms with van der Waals surface area (Å²) in [5, 5.41) is 5.49. The molecule has 0 aliphatic carbocycles. The molecule has 0 atom stereocenters. The van der Waals surface area contributed by atoms with Crippen LogP contribution in [0.15, 0.2) is 41.5 Å². The second-order valence-corrected chi connectivity index (χ2v) is 5.10. The van der Waals surface area contributed by atoms with Gasteiger partial charge in [0.2, 0.25) is 0 Å². The first-order chi connectivity index (χ1) is 10.1. The Hall–Kier alpha value is -2.53. The van der Waals surface area contributed by atoms with Crippen molar-refractivity contribution in [2.45, 2.75) is 0 Å². The van der Waals surface area contributed by atoms with E-state index in [0.29, 0.717) is 22.0 Å². The molecule has 1 amide bonds.